The fourth-order valence-electron chi connectivity index (χ4n) is 3.07. The number of aromatic nitrogens is 2. The molecule has 0 aliphatic carbocycles. The van der Waals surface area contributed by atoms with Crippen LogP contribution in [0.3, 0.4) is 0 Å². The summed E-state index contributed by atoms with van der Waals surface area (Å²) >= 11 is 0. The molecule has 1 aliphatic rings. The minimum Gasteiger partial charge on any atom is -0.455 e. The number of hydrogen-bond acceptors (Lipinski definition) is 9. The van der Waals surface area contributed by atoms with Gasteiger partial charge in [-0.05, 0) is 11.6 Å². The number of carbonyl (C=O) groups is 2. The highest BCUT2D eigenvalue weighted by molar-refractivity contribution is 5.87. The molecular formula is C16H22N6O7. The predicted octanol–water partition coefficient (Wildman–Crippen LogP) is 0.371. The van der Waals surface area contributed by atoms with Crippen molar-refractivity contribution in [2.75, 3.05) is 26.1 Å². The molecule has 2 heterocycles. The van der Waals surface area contributed by atoms with Crippen LogP contribution in [-0.4, -0.2) is 66.6 Å². The van der Waals surface area contributed by atoms with Crippen LogP contribution in [0.15, 0.2) is 22.2 Å². The topological polar surface area (TPSA) is 167 Å². The number of nitrogens with one attached hydrogen (secondary N) is 1. The molecule has 29 heavy (non-hydrogen) atoms. The van der Waals surface area contributed by atoms with E-state index in [0.29, 0.717) is 0 Å². The highest BCUT2D eigenvalue weighted by Gasteiger charge is 2.51. The van der Waals surface area contributed by atoms with Crippen LogP contribution in [0.1, 0.15) is 20.1 Å². The lowest BCUT2D eigenvalue weighted by Crippen LogP contribution is -2.43. The first-order chi connectivity index (χ1) is 13.8. The van der Waals surface area contributed by atoms with E-state index in [4.69, 9.17) is 24.5 Å². The Morgan fingerprint density at radius 2 is 2.14 bits per heavy atom. The van der Waals surface area contributed by atoms with Gasteiger partial charge in [-0.2, -0.15) is 4.98 Å². The van der Waals surface area contributed by atoms with Crippen LogP contribution in [0.5, 0.6) is 0 Å². The molecule has 1 fully saturated rings. The van der Waals surface area contributed by atoms with Gasteiger partial charge < -0.3 is 24.3 Å². The van der Waals surface area contributed by atoms with E-state index in [-0.39, 0.29) is 18.3 Å². The average molecular weight is 410 g/mol. The predicted molar refractivity (Wildman–Crippen MR) is 97.9 cm³/mol. The van der Waals surface area contributed by atoms with Gasteiger partial charge in [0.25, 0.3) is 0 Å². The molecule has 1 N–H and O–H groups in total. The van der Waals surface area contributed by atoms with Gasteiger partial charge in [-0.1, -0.05) is 5.11 Å². The van der Waals surface area contributed by atoms with Crippen LogP contribution >= 0.6 is 0 Å². The van der Waals surface area contributed by atoms with Crippen molar-refractivity contribution in [2.24, 2.45) is 5.11 Å². The summed E-state index contributed by atoms with van der Waals surface area (Å²) < 4.78 is 22.9. The fraction of sp³-hybridized carbons (Fsp3) is 0.625. The van der Waals surface area contributed by atoms with E-state index in [2.05, 4.69) is 20.3 Å². The van der Waals surface area contributed by atoms with Gasteiger partial charge in [0.05, 0.1) is 12.6 Å². The van der Waals surface area contributed by atoms with E-state index in [1.165, 1.54) is 40.3 Å². The number of nitrogens with zero attached hydrogens (tertiary/aromatic N) is 5. The third-order valence-electron chi connectivity index (χ3n) is 4.12. The molecule has 13 heteroatoms. The molecule has 0 bridgehead atoms. The zero-order valence-electron chi connectivity index (χ0n) is 16.3. The molecule has 1 saturated heterocycles. The van der Waals surface area contributed by atoms with Crippen LogP contribution < -0.4 is 11.0 Å². The number of carbonyl (C=O) groups excluding carboxylic acids is 2. The van der Waals surface area contributed by atoms with Crippen molar-refractivity contribution >= 4 is 17.7 Å². The molecule has 0 spiro atoms. The minimum absolute atomic E-state index is 0.0166. The first-order valence-electron chi connectivity index (χ1n) is 8.57. The first-order valence-corrected chi connectivity index (χ1v) is 8.57. The monoisotopic (exact) mass is 410 g/mol. The molecule has 0 aromatic carbocycles. The summed E-state index contributed by atoms with van der Waals surface area (Å²) in [7, 11) is 2.80. The Labute approximate surface area is 165 Å². The Morgan fingerprint density at radius 3 is 2.66 bits per heavy atom. The van der Waals surface area contributed by atoms with Crippen molar-refractivity contribution in [3.05, 3.63) is 33.2 Å². The van der Waals surface area contributed by atoms with Crippen molar-refractivity contribution in [1.82, 2.24) is 9.55 Å². The van der Waals surface area contributed by atoms with Gasteiger partial charge in [0.15, 0.2) is 12.3 Å². The number of hydrogen-bond donors (Lipinski definition) is 1. The van der Waals surface area contributed by atoms with Gasteiger partial charge in [-0.15, -0.1) is 0 Å². The van der Waals surface area contributed by atoms with E-state index in [1.54, 1.807) is 0 Å². The Balaban J connectivity index is 2.45. The zero-order chi connectivity index (χ0) is 21.6. The molecule has 0 saturated carbocycles. The number of rotatable bonds is 8. The lowest BCUT2D eigenvalue weighted by molar-refractivity contribution is -0.156. The molecule has 0 radical (unpaired) electrons. The molecular weight excluding hydrogens is 388 g/mol. The second kappa shape index (κ2) is 9.98. The molecule has 1 aliphatic heterocycles. The molecule has 2 rings (SSSR count). The summed E-state index contributed by atoms with van der Waals surface area (Å²) in [4.78, 5) is 41.8. The summed E-state index contributed by atoms with van der Waals surface area (Å²) in [6, 6.07) is 0.590. The largest absolute Gasteiger partial charge is 0.455 e. The molecule has 1 aromatic heterocycles. The highest BCUT2D eigenvalue weighted by Crippen LogP contribution is 2.35. The van der Waals surface area contributed by atoms with Crippen molar-refractivity contribution in [1.29, 1.82) is 0 Å². The third-order valence-corrected chi connectivity index (χ3v) is 4.12. The number of azide groups is 1. The lowest BCUT2D eigenvalue weighted by atomic mass is 10.0. The molecule has 13 nitrogen and oxygen atoms in total. The summed E-state index contributed by atoms with van der Waals surface area (Å²) in [6.45, 7) is 2.50. The van der Waals surface area contributed by atoms with E-state index >= 15 is 0 Å². The number of esters is 1. The van der Waals surface area contributed by atoms with Gasteiger partial charge in [0, 0.05) is 39.2 Å². The van der Waals surface area contributed by atoms with Crippen molar-refractivity contribution in [2.45, 2.75) is 44.4 Å². The Hall–Kier alpha value is -2.99. The van der Waals surface area contributed by atoms with Crippen molar-refractivity contribution in [3.8, 4) is 0 Å². The van der Waals surface area contributed by atoms with Crippen LogP contribution in [0, 0.1) is 0 Å². The van der Waals surface area contributed by atoms with Crippen molar-refractivity contribution < 1.29 is 28.5 Å². The fourth-order valence-corrected chi connectivity index (χ4v) is 3.07. The lowest BCUT2D eigenvalue weighted by Gasteiger charge is -2.24. The normalized spacial score (nSPS) is 24.4. The maximum absolute atomic E-state index is 12.5. The van der Waals surface area contributed by atoms with Gasteiger partial charge in [0.1, 0.15) is 18.0 Å². The average Bonchev–Trinajstić information content (AvgIpc) is 2.98. The maximum Gasteiger partial charge on any atom is 0.351 e. The minimum atomic E-state index is -1.10. The van der Waals surface area contributed by atoms with E-state index in [9.17, 15) is 14.4 Å². The van der Waals surface area contributed by atoms with Crippen LogP contribution in [-0.2, 0) is 28.5 Å². The first kappa shape index (κ1) is 22.3. The van der Waals surface area contributed by atoms with E-state index in [1.807, 2.05) is 0 Å². The SMILES string of the molecule is COC[C@@H](N=[N+]=[N-])[C@H]1O[C@@H](n2ccc(NC(C)=O)nc2=O)[C@H](OC(C)=O)[C@@H]1OC. The Kier molecular flexibility index (Phi) is 7.67. The summed E-state index contributed by atoms with van der Waals surface area (Å²) in [6.07, 6.45) is -2.51. The Bertz CT molecular complexity index is 852. The second-order valence-corrected chi connectivity index (χ2v) is 6.18. The highest BCUT2D eigenvalue weighted by atomic mass is 16.6. The second-order valence-electron chi connectivity index (χ2n) is 6.18. The van der Waals surface area contributed by atoms with Gasteiger partial charge in [-0.25, -0.2) is 4.79 Å². The van der Waals surface area contributed by atoms with Crippen LogP contribution in [0.2, 0.25) is 0 Å². The standard InChI is InChI=1S/C16H22N6O7/c1-8(23)18-11-5-6-22(16(25)19-11)15-14(28-9(2)24)13(27-4)12(29-15)10(7-26-3)20-21-17/h5-6,10,12-15H,7H2,1-4H3,(H,18,19,23,25)/t10-,12-,13-,14-,15-/m1/s1. The molecule has 1 aromatic rings. The van der Waals surface area contributed by atoms with Crippen LogP contribution in [0.4, 0.5) is 5.82 Å². The number of anilines is 1. The summed E-state index contributed by atoms with van der Waals surface area (Å²) in [5.41, 5.74) is 8.10. The zero-order valence-corrected chi connectivity index (χ0v) is 16.3. The van der Waals surface area contributed by atoms with Crippen LogP contribution in [0.25, 0.3) is 10.4 Å². The molecule has 1 amide bonds. The summed E-state index contributed by atoms with van der Waals surface area (Å²) in [5, 5.41) is 6.07. The quantitative estimate of drug-likeness (QED) is 0.278. The smallest absolute Gasteiger partial charge is 0.351 e. The van der Waals surface area contributed by atoms with Gasteiger partial charge in [-0.3, -0.25) is 14.2 Å². The summed E-state index contributed by atoms with van der Waals surface area (Å²) in [5.74, 6) is -0.943. The van der Waals surface area contributed by atoms with E-state index < -0.39 is 42.2 Å². The number of methoxy groups -OCH3 is 2. The number of amides is 1. The van der Waals surface area contributed by atoms with Gasteiger partial charge in [0.2, 0.25) is 5.91 Å². The maximum atomic E-state index is 12.5. The molecule has 5 atom stereocenters. The van der Waals surface area contributed by atoms with E-state index in [0.717, 1.165) is 4.57 Å². The molecule has 0 unspecified atom stereocenters. The van der Waals surface area contributed by atoms with Gasteiger partial charge >= 0.3 is 11.7 Å². The number of ether oxygens (including phenoxy) is 4. The Morgan fingerprint density at radius 1 is 1.41 bits per heavy atom. The van der Waals surface area contributed by atoms with Crippen molar-refractivity contribution in [3.63, 3.8) is 0 Å². The molecule has 158 valence electrons. The third kappa shape index (κ3) is 5.29.